The van der Waals surface area contributed by atoms with Crippen molar-refractivity contribution in [3.8, 4) is 0 Å². The van der Waals surface area contributed by atoms with Crippen LogP contribution in [0.2, 0.25) is 0 Å². The molecule has 1 fully saturated rings. The van der Waals surface area contributed by atoms with Crippen molar-refractivity contribution in [1.29, 1.82) is 0 Å². The lowest BCUT2D eigenvalue weighted by atomic mass is 10.0. The topological polar surface area (TPSA) is 50.4 Å². The summed E-state index contributed by atoms with van der Waals surface area (Å²) >= 11 is 1.66. The van der Waals surface area contributed by atoms with Crippen LogP contribution >= 0.6 is 11.3 Å². The number of carbonyl (C=O) groups is 1. The SMILES string of the molecule is CC(C)(NC(=O)CC1COCCN1)c1cccs1. The number of carbonyl (C=O) groups excluding carboxylic acids is 1. The van der Waals surface area contributed by atoms with Crippen molar-refractivity contribution in [2.45, 2.75) is 31.8 Å². The number of thiophene rings is 1. The first-order valence-corrected chi connectivity index (χ1v) is 7.12. The van der Waals surface area contributed by atoms with Gasteiger partial charge in [0.05, 0.1) is 18.8 Å². The Morgan fingerprint density at radius 2 is 2.50 bits per heavy atom. The summed E-state index contributed by atoms with van der Waals surface area (Å²) in [5, 5.41) is 8.40. The molecule has 0 aliphatic carbocycles. The van der Waals surface area contributed by atoms with Crippen LogP contribution in [-0.2, 0) is 15.1 Å². The van der Waals surface area contributed by atoms with Crippen LogP contribution in [0.3, 0.4) is 0 Å². The first-order chi connectivity index (χ1) is 8.58. The molecular weight excluding hydrogens is 248 g/mol. The molecule has 1 amide bonds. The highest BCUT2D eigenvalue weighted by atomic mass is 32.1. The number of amides is 1. The minimum atomic E-state index is -0.305. The fourth-order valence-corrected chi connectivity index (χ4v) is 2.88. The lowest BCUT2D eigenvalue weighted by Gasteiger charge is -2.28. The molecule has 18 heavy (non-hydrogen) atoms. The molecule has 1 unspecified atom stereocenters. The summed E-state index contributed by atoms with van der Waals surface area (Å²) in [6.45, 7) is 6.24. The molecule has 1 atom stereocenters. The third-order valence-electron chi connectivity index (χ3n) is 3.02. The van der Waals surface area contributed by atoms with Gasteiger partial charge >= 0.3 is 0 Å². The average Bonchev–Trinajstić information content (AvgIpc) is 2.83. The number of hydrogen-bond acceptors (Lipinski definition) is 4. The Bertz CT molecular complexity index is 384. The van der Waals surface area contributed by atoms with Gasteiger partial charge in [0.15, 0.2) is 0 Å². The molecule has 1 aromatic heterocycles. The maximum absolute atomic E-state index is 12.0. The summed E-state index contributed by atoms with van der Waals surface area (Å²) in [5.74, 6) is 0.0661. The summed E-state index contributed by atoms with van der Waals surface area (Å²) in [5.41, 5.74) is -0.305. The Hall–Kier alpha value is -0.910. The molecule has 1 aromatic rings. The Balaban J connectivity index is 1.86. The first kappa shape index (κ1) is 13.5. The molecule has 1 aliphatic heterocycles. The summed E-state index contributed by atoms with van der Waals surface area (Å²) < 4.78 is 5.34. The minimum absolute atomic E-state index is 0.0661. The quantitative estimate of drug-likeness (QED) is 0.869. The maximum atomic E-state index is 12.0. The molecule has 2 N–H and O–H groups in total. The zero-order chi connectivity index (χ0) is 13.0. The second kappa shape index (κ2) is 5.82. The third kappa shape index (κ3) is 3.54. The molecule has 0 aromatic carbocycles. The van der Waals surface area contributed by atoms with Crippen LogP contribution < -0.4 is 10.6 Å². The van der Waals surface area contributed by atoms with E-state index in [2.05, 4.69) is 10.6 Å². The van der Waals surface area contributed by atoms with Crippen LogP contribution in [0, 0.1) is 0 Å². The third-order valence-corrected chi connectivity index (χ3v) is 4.21. The second-order valence-electron chi connectivity index (χ2n) is 5.08. The van der Waals surface area contributed by atoms with Crippen LogP contribution in [0.5, 0.6) is 0 Å². The summed E-state index contributed by atoms with van der Waals surface area (Å²) in [6.07, 6.45) is 0.467. The van der Waals surface area contributed by atoms with Crippen LogP contribution in [0.15, 0.2) is 17.5 Å². The van der Waals surface area contributed by atoms with Crippen molar-refractivity contribution in [3.05, 3.63) is 22.4 Å². The first-order valence-electron chi connectivity index (χ1n) is 6.24. The lowest BCUT2D eigenvalue weighted by Crippen LogP contribution is -2.47. The molecule has 2 heterocycles. The fraction of sp³-hybridized carbons (Fsp3) is 0.615. The molecule has 4 nitrogen and oxygen atoms in total. The molecule has 0 saturated carbocycles. The van der Waals surface area contributed by atoms with Gasteiger partial charge < -0.3 is 15.4 Å². The van der Waals surface area contributed by atoms with Gasteiger partial charge in [0.2, 0.25) is 5.91 Å². The second-order valence-corrected chi connectivity index (χ2v) is 6.03. The normalized spacial score (nSPS) is 20.7. The molecule has 100 valence electrons. The van der Waals surface area contributed by atoms with E-state index in [0.717, 1.165) is 13.2 Å². The van der Waals surface area contributed by atoms with E-state index < -0.39 is 0 Å². The van der Waals surface area contributed by atoms with Crippen molar-refractivity contribution in [1.82, 2.24) is 10.6 Å². The Labute approximate surface area is 112 Å². The van der Waals surface area contributed by atoms with Gasteiger partial charge in [-0.25, -0.2) is 0 Å². The van der Waals surface area contributed by atoms with Crippen molar-refractivity contribution >= 4 is 17.2 Å². The van der Waals surface area contributed by atoms with Crippen LogP contribution in [0.4, 0.5) is 0 Å². The van der Waals surface area contributed by atoms with Gasteiger partial charge in [-0.15, -0.1) is 11.3 Å². The zero-order valence-electron chi connectivity index (χ0n) is 10.9. The fourth-order valence-electron chi connectivity index (χ4n) is 2.07. The lowest BCUT2D eigenvalue weighted by molar-refractivity contribution is -0.123. The standard InChI is InChI=1S/C13H20N2O2S/c1-13(2,11-4-3-7-18-11)15-12(16)8-10-9-17-6-5-14-10/h3-4,7,10,14H,5-6,8-9H2,1-2H3,(H,15,16). The van der Waals surface area contributed by atoms with E-state index in [-0.39, 0.29) is 17.5 Å². The van der Waals surface area contributed by atoms with Crippen molar-refractivity contribution < 1.29 is 9.53 Å². The number of ether oxygens (including phenoxy) is 1. The monoisotopic (exact) mass is 268 g/mol. The summed E-state index contributed by atoms with van der Waals surface area (Å²) in [6, 6.07) is 4.19. The van der Waals surface area contributed by atoms with Gasteiger partial charge in [-0.2, -0.15) is 0 Å². The number of morpholine rings is 1. The van der Waals surface area contributed by atoms with Gasteiger partial charge in [-0.05, 0) is 25.3 Å². The van der Waals surface area contributed by atoms with E-state index in [4.69, 9.17) is 4.74 Å². The van der Waals surface area contributed by atoms with Gasteiger partial charge in [-0.3, -0.25) is 4.79 Å². The zero-order valence-corrected chi connectivity index (χ0v) is 11.7. The van der Waals surface area contributed by atoms with E-state index in [1.165, 1.54) is 4.88 Å². The molecule has 1 saturated heterocycles. The van der Waals surface area contributed by atoms with Gasteiger partial charge in [-0.1, -0.05) is 6.07 Å². The molecule has 0 radical (unpaired) electrons. The van der Waals surface area contributed by atoms with E-state index in [1.807, 2.05) is 31.4 Å². The van der Waals surface area contributed by atoms with Crippen LogP contribution in [0.25, 0.3) is 0 Å². The number of nitrogens with one attached hydrogen (secondary N) is 2. The van der Waals surface area contributed by atoms with E-state index in [9.17, 15) is 4.79 Å². The average molecular weight is 268 g/mol. The van der Waals surface area contributed by atoms with E-state index in [0.29, 0.717) is 13.0 Å². The number of hydrogen-bond donors (Lipinski definition) is 2. The maximum Gasteiger partial charge on any atom is 0.222 e. The number of rotatable bonds is 4. The highest BCUT2D eigenvalue weighted by Crippen LogP contribution is 2.24. The van der Waals surface area contributed by atoms with Crippen molar-refractivity contribution in [3.63, 3.8) is 0 Å². The predicted molar refractivity (Wildman–Crippen MR) is 72.7 cm³/mol. The van der Waals surface area contributed by atoms with E-state index >= 15 is 0 Å². The molecule has 2 rings (SSSR count). The van der Waals surface area contributed by atoms with Gasteiger partial charge in [0.25, 0.3) is 0 Å². The molecule has 0 spiro atoms. The highest BCUT2D eigenvalue weighted by Gasteiger charge is 2.25. The van der Waals surface area contributed by atoms with Gasteiger partial charge in [0, 0.05) is 23.9 Å². The molecule has 1 aliphatic rings. The highest BCUT2D eigenvalue weighted by molar-refractivity contribution is 7.10. The largest absolute Gasteiger partial charge is 0.378 e. The van der Waals surface area contributed by atoms with Crippen molar-refractivity contribution in [2.24, 2.45) is 0 Å². The smallest absolute Gasteiger partial charge is 0.222 e. The Morgan fingerprint density at radius 3 is 3.11 bits per heavy atom. The summed E-state index contributed by atoms with van der Waals surface area (Å²) in [4.78, 5) is 13.2. The van der Waals surface area contributed by atoms with E-state index in [1.54, 1.807) is 11.3 Å². The Morgan fingerprint density at radius 1 is 1.67 bits per heavy atom. The summed E-state index contributed by atoms with van der Waals surface area (Å²) in [7, 11) is 0. The molecule has 5 heteroatoms. The molecule has 0 bridgehead atoms. The molecular formula is C13H20N2O2S. The van der Waals surface area contributed by atoms with Crippen LogP contribution in [0.1, 0.15) is 25.1 Å². The Kier molecular flexibility index (Phi) is 4.37. The predicted octanol–water partition coefficient (Wildman–Crippen LogP) is 1.48. The van der Waals surface area contributed by atoms with Gasteiger partial charge in [0.1, 0.15) is 0 Å². The van der Waals surface area contributed by atoms with Crippen LogP contribution in [-0.4, -0.2) is 31.7 Å². The van der Waals surface area contributed by atoms with Crippen molar-refractivity contribution in [2.75, 3.05) is 19.8 Å². The minimum Gasteiger partial charge on any atom is -0.378 e.